The van der Waals surface area contributed by atoms with Crippen molar-refractivity contribution in [2.75, 3.05) is 13.2 Å². The first kappa shape index (κ1) is 14.5. The number of aliphatic hydroxyl groups excluding tert-OH is 1. The third-order valence-corrected chi connectivity index (χ3v) is 2.21. The van der Waals surface area contributed by atoms with Gasteiger partial charge in [0.05, 0.1) is 17.2 Å². The molecule has 0 atom stereocenters. The van der Waals surface area contributed by atoms with E-state index in [4.69, 9.17) is 16.1 Å². The molecule has 0 aliphatic rings. The van der Waals surface area contributed by atoms with Crippen LogP contribution in [0.2, 0.25) is 0 Å². The van der Waals surface area contributed by atoms with E-state index < -0.39 is 5.91 Å². The summed E-state index contributed by atoms with van der Waals surface area (Å²) >= 11 is 0. The number of hydrogen-bond donors (Lipinski definition) is 4. The van der Waals surface area contributed by atoms with Crippen LogP contribution in [0.15, 0.2) is 23.2 Å². The molecule has 0 aliphatic heterocycles. The van der Waals surface area contributed by atoms with E-state index in [2.05, 4.69) is 10.3 Å². The quantitative estimate of drug-likeness (QED) is 0.336. The van der Waals surface area contributed by atoms with Crippen LogP contribution in [0.4, 0.5) is 0 Å². The largest absolute Gasteiger partial charge is 0.507 e. The molecule has 7 heteroatoms. The van der Waals surface area contributed by atoms with Crippen molar-refractivity contribution in [3.63, 3.8) is 0 Å². The molecule has 1 aromatic rings. The molecule has 7 nitrogen and oxygen atoms in total. The van der Waals surface area contributed by atoms with Crippen molar-refractivity contribution in [2.45, 2.75) is 6.42 Å². The predicted molar refractivity (Wildman–Crippen MR) is 68.5 cm³/mol. The SMILES string of the molecule is N#Cc1ccc(O)c(C(=O)NC(N)=NCCCO)c1. The number of nitriles is 1. The number of nitrogens with zero attached hydrogens (tertiary/aromatic N) is 2. The third-order valence-electron chi connectivity index (χ3n) is 2.21. The first-order valence-corrected chi connectivity index (χ1v) is 5.53. The standard InChI is InChI=1S/C12H14N4O3/c13-7-8-2-3-10(18)9(6-8)11(19)16-12(14)15-4-1-5-17/h2-3,6,17-18H,1,4-5H2,(H3,14,15,16,19). The summed E-state index contributed by atoms with van der Waals surface area (Å²) in [4.78, 5) is 15.6. The number of guanidine groups is 1. The van der Waals surface area contributed by atoms with Crippen LogP contribution in [0.3, 0.4) is 0 Å². The number of hydrogen-bond acceptors (Lipinski definition) is 5. The van der Waals surface area contributed by atoms with Gasteiger partial charge in [0.15, 0.2) is 5.96 Å². The average Bonchev–Trinajstić information content (AvgIpc) is 2.39. The lowest BCUT2D eigenvalue weighted by Gasteiger charge is -2.06. The normalized spacial score (nSPS) is 10.8. The van der Waals surface area contributed by atoms with E-state index in [0.29, 0.717) is 6.42 Å². The van der Waals surface area contributed by atoms with Gasteiger partial charge in [-0.05, 0) is 24.6 Å². The van der Waals surface area contributed by atoms with Gasteiger partial charge in [0.25, 0.3) is 5.91 Å². The number of aliphatic imine (C=N–C) groups is 1. The molecule has 0 fully saturated rings. The number of carbonyl (C=O) groups excluding carboxylic acids is 1. The van der Waals surface area contributed by atoms with Crippen LogP contribution >= 0.6 is 0 Å². The third kappa shape index (κ3) is 4.29. The summed E-state index contributed by atoms with van der Waals surface area (Å²) in [5, 5.41) is 29.1. The van der Waals surface area contributed by atoms with Crippen LogP contribution in [-0.2, 0) is 0 Å². The molecule has 1 rings (SSSR count). The van der Waals surface area contributed by atoms with Crippen LogP contribution in [0.5, 0.6) is 5.75 Å². The Morgan fingerprint density at radius 1 is 1.53 bits per heavy atom. The molecule has 0 saturated heterocycles. The first-order chi connectivity index (χ1) is 9.08. The number of benzene rings is 1. The molecular formula is C12H14N4O3. The number of amides is 1. The van der Waals surface area contributed by atoms with E-state index >= 15 is 0 Å². The van der Waals surface area contributed by atoms with Crippen LogP contribution in [0, 0.1) is 11.3 Å². The van der Waals surface area contributed by atoms with E-state index in [1.165, 1.54) is 18.2 Å². The van der Waals surface area contributed by atoms with Crippen LogP contribution in [-0.4, -0.2) is 35.2 Å². The Hall–Kier alpha value is -2.59. The summed E-state index contributed by atoms with van der Waals surface area (Å²) in [5.41, 5.74) is 5.66. The van der Waals surface area contributed by atoms with Crippen molar-refractivity contribution in [1.29, 1.82) is 5.26 Å². The number of aromatic hydroxyl groups is 1. The van der Waals surface area contributed by atoms with E-state index in [0.717, 1.165) is 0 Å². The minimum absolute atomic E-state index is 0.0181. The highest BCUT2D eigenvalue weighted by atomic mass is 16.3. The molecule has 100 valence electrons. The van der Waals surface area contributed by atoms with Crippen molar-refractivity contribution < 1.29 is 15.0 Å². The second-order valence-corrected chi connectivity index (χ2v) is 3.64. The number of nitrogens with two attached hydrogens (primary N) is 1. The van der Waals surface area contributed by atoms with Crippen LogP contribution < -0.4 is 11.1 Å². The van der Waals surface area contributed by atoms with Gasteiger partial charge in [-0.3, -0.25) is 15.1 Å². The smallest absolute Gasteiger partial charge is 0.261 e. The predicted octanol–water partition coefficient (Wildman–Crippen LogP) is -0.309. The fourth-order valence-electron chi connectivity index (χ4n) is 1.28. The molecule has 0 spiro atoms. The van der Waals surface area contributed by atoms with Gasteiger partial charge in [0.1, 0.15) is 5.75 Å². The maximum absolute atomic E-state index is 11.8. The molecule has 0 bridgehead atoms. The topological polar surface area (TPSA) is 132 Å². The molecule has 0 unspecified atom stereocenters. The monoisotopic (exact) mass is 262 g/mol. The van der Waals surface area contributed by atoms with E-state index in [9.17, 15) is 9.90 Å². The van der Waals surface area contributed by atoms with Gasteiger partial charge in [-0.2, -0.15) is 5.26 Å². The van der Waals surface area contributed by atoms with E-state index in [1.807, 2.05) is 6.07 Å². The number of phenolic OH excluding ortho intramolecular Hbond substituents is 1. The fourth-order valence-corrected chi connectivity index (χ4v) is 1.28. The van der Waals surface area contributed by atoms with Crippen LogP contribution in [0.1, 0.15) is 22.3 Å². The zero-order valence-corrected chi connectivity index (χ0v) is 10.1. The Kier molecular flexibility index (Phi) is 5.32. The molecule has 5 N–H and O–H groups in total. The summed E-state index contributed by atoms with van der Waals surface area (Å²) < 4.78 is 0. The van der Waals surface area contributed by atoms with Crippen molar-refractivity contribution in [2.24, 2.45) is 10.7 Å². The second kappa shape index (κ2) is 6.98. The number of phenols is 1. The van der Waals surface area contributed by atoms with Gasteiger partial charge in [-0.15, -0.1) is 0 Å². The van der Waals surface area contributed by atoms with Crippen molar-refractivity contribution in [1.82, 2.24) is 5.32 Å². The van der Waals surface area contributed by atoms with Gasteiger partial charge < -0.3 is 15.9 Å². The second-order valence-electron chi connectivity index (χ2n) is 3.64. The molecule has 1 aromatic carbocycles. The molecule has 0 aromatic heterocycles. The summed E-state index contributed by atoms with van der Waals surface area (Å²) in [6.07, 6.45) is 0.436. The highest BCUT2D eigenvalue weighted by Gasteiger charge is 2.12. The van der Waals surface area contributed by atoms with Crippen molar-refractivity contribution in [3.8, 4) is 11.8 Å². The number of rotatable bonds is 4. The summed E-state index contributed by atoms with van der Waals surface area (Å²) in [7, 11) is 0. The minimum Gasteiger partial charge on any atom is -0.507 e. The van der Waals surface area contributed by atoms with Gasteiger partial charge in [0.2, 0.25) is 0 Å². The lowest BCUT2D eigenvalue weighted by Crippen LogP contribution is -2.37. The summed E-state index contributed by atoms with van der Waals surface area (Å²) in [6.45, 7) is 0.266. The van der Waals surface area contributed by atoms with Gasteiger partial charge in [0, 0.05) is 13.2 Å². The van der Waals surface area contributed by atoms with Gasteiger partial charge in [-0.1, -0.05) is 0 Å². The Morgan fingerprint density at radius 2 is 2.26 bits per heavy atom. The Bertz CT molecular complexity index is 534. The minimum atomic E-state index is -0.653. The molecule has 1 amide bonds. The molecule has 0 aliphatic carbocycles. The Morgan fingerprint density at radius 3 is 2.89 bits per heavy atom. The highest BCUT2D eigenvalue weighted by Crippen LogP contribution is 2.17. The zero-order chi connectivity index (χ0) is 14.3. The molecular weight excluding hydrogens is 248 g/mol. The summed E-state index contributed by atoms with van der Waals surface area (Å²) in [5.74, 6) is -1.01. The zero-order valence-electron chi connectivity index (χ0n) is 10.1. The maximum Gasteiger partial charge on any atom is 0.261 e. The van der Waals surface area contributed by atoms with Crippen LogP contribution in [0.25, 0.3) is 0 Å². The molecule has 0 saturated carbocycles. The van der Waals surface area contributed by atoms with E-state index in [-0.39, 0.29) is 36.0 Å². The van der Waals surface area contributed by atoms with Gasteiger partial charge in [-0.25, -0.2) is 0 Å². The van der Waals surface area contributed by atoms with Crippen molar-refractivity contribution >= 4 is 11.9 Å². The average molecular weight is 262 g/mol. The fraction of sp³-hybridized carbons (Fsp3) is 0.250. The molecule has 0 radical (unpaired) electrons. The van der Waals surface area contributed by atoms with Crippen molar-refractivity contribution in [3.05, 3.63) is 29.3 Å². The molecule has 19 heavy (non-hydrogen) atoms. The summed E-state index contributed by atoms with van der Waals surface area (Å²) in [6, 6.07) is 5.77. The molecule has 0 heterocycles. The number of aliphatic hydroxyl groups is 1. The Labute approximate surface area is 110 Å². The van der Waals surface area contributed by atoms with E-state index in [1.54, 1.807) is 0 Å². The maximum atomic E-state index is 11.8. The number of nitrogens with one attached hydrogen (secondary N) is 1. The highest BCUT2D eigenvalue weighted by molar-refractivity contribution is 6.06. The number of carbonyl (C=O) groups is 1. The lowest BCUT2D eigenvalue weighted by molar-refractivity contribution is 0.0974. The lowest BCUT2D eigenvalue weighted by atomic mass is 10.1. The first-order valence-electron chi connectivity index (χ1n) is 5.53. The van der Waals surface area contributed by atoms with Gasteiger partial charge >= 0.3 is 0 Å². The Balaban J connectivity index is 2.78.